The number of cyclic esters (lactones) is 1. The molecular formula is C38H60N2O9. The predicted octanol–water partition coefficient (Wildman–Crippen LogP) is 5.18. The number of aliphatic hydroxyl groups excluding tert-OH is 1. The van der Waals surface area contributed by atoms with Gasteiger partial charge in [-0.3, -0.25) is 0 Å². The molecule has 2 heterocycles. The van der Waals surface area contributed by atoms with Crippen molar-refractivity contribution in [2.75, 3.05) is 41.4 Å². The van der Waals surface area contributed by atoms with Crippen LogP contribution in [0.3, 0.4) is 0 Å². The Balaban J connectivity index is 2.07. The molecule has 2 aliphatic rings. The van der Waals surface area contributed by atoms with E-state index in [2.05, 4.69) is 18.4 Å². The summed E-state index contributed by atoms with van der Waals surface area (Å²) in [5, 5.41) is 9.99. The van der Waals surface area contributed by atoms with Crippen LogP contribution in [0.15, 0.2) is 54.3 Å². The van der Waals surface area contributed by atoms with E-state index in [-0.39, 0.29) is 30.7 Å². The average molecular weight is 689 g/mol. The lowest BCUT2D eigenvalue weighted by atomic mass is 9.80. The second kappa shape index (κ2) is 17.4. The van der Waals surface area contributed by atoms with Crippen molar-refractivity contribution in [3.8, 4) is 0 Å². The number of hydrogen-bond donors (Lipinski definition) is 1. The molecule has 9 atom stereocenters. The quantitative estimate of drug-likeness (QED) is 0.172. The highest BCUT2D eigenvalue weighted by atomic mass is 16.7. The number of ether oxygens (including phenoxy) is 6. The molecule has 1 N–H and O–H groups in total. The van der Waals surface area contributed by atoms with Crippen LogP contribution in [0, 0.1) is 11.8 Å². The van der Waals surface area contributed by atoms with Gasteiger partial charge in [0.2, 0.25) is 5.79 Å². The van der Waals surface area contributed by atoms with E-state index in [1.165, 1.54) is 0 Å². The zero-order valence-corrected chi connectivity index (χ0v) is 31.4. The van der Waals surface area contributed by atoms with Gasteiger partial charge in [0, 0.05) is 39.5 Å². The van der Waals surface area contributed by atoms with Gasteiger partial charge in [-0.05, 0) is 79.2 Å². The van der Waals surface area contributed by atoms with Gasteiger partial charge in [0.15, 0.2) is 12.4 Å². The van der Waals surface area contributed by atoms with Crippen molar-refractivity contribution < 1.29 is 43.1 Å². The second-order valence-corrected chi connectivity index (χ2v) is 14.7. The lowest BCUT2D eigenvalue weighted by Crippen LogP contribution is -2.59. The van der Waals surface area contributed by atoms with Crippen LogP contribution in [0.4, 0.5) is 0 Å². The number of methoxy groups -OCH3 is 1. The Morgan fingerprint density at radius 3 is 2.41 bits per heavy atom. The van der Waals surface area contributed by atoms with E-state index >= 15 is 0 Å². The summed E-state index contributed by atoms with van der Waals surface area (Å²) in [4.78, 5) is 30.6. The first-order valence-corrected chi connectivity index (χ1v) is 17.3. The molecule has 1 aromatic carbocycles. The number of carbonyl (C=O) groups excluding carboxylic acids is 2. The highest BCUT2D eigenvalue weighted by Gasteiger charge is 2.50. The minimum Gasteiger partial charge on any atom is -0.456 e. The smallest absolute Gasteiger partial charge is 0.340 e. The molecule has 0 bridgehead atoms. The number of esters is 2. The van der Waals surface area contributed by atoms with Crippen LogP contribution < -0.4 is 0 Å². The van der Waals surface area contributed by atoms with E-state index < -0.39 is 47.7 Å². The molecule has 1 saturated heterocycles. The number of benzene rings is 1. The molecular weight excluding hydrogens is 628 g/mol. The Morgan fingerprint density at radius 1 is 1.18 bits per heavy atom. The van der Waals surface area contributed by atoms with E-state index in [4.69, 9.17) is 28.4 Å². The van der Waals surface area contributed by atoms with E-state index in [1.54, 1.807) is 52.1 Å². The molecule has 1 fully saturated rings. The molecule has 6 unspecified atom stereocenters. The number of aliphatic hydroxyl groups is 1. The van der Waals surface area contributed by atoms with Gasteiger partial charge in [0.25, 0.3) is 0 Å². The minimum atomic E-state index is -1.19. The highest BCUT2D eigenvalue weighted by Crippen LogP contribution is 2.41. The van der Waals surface area contributed by atoms with E-state index in [0.29, 0.717) is 42.7 Å². The van der Waals surface area contributed by atoms with Crippen LogP contribution in [0.2, 0.25) is 0 Å². The number of rotatable bonds is 17. The summed E-state index contributed by atoms with van der Waals surface area (Å²) in [5.74, 6) is -2.12. The summed E-state index contributed by atoms with van der Waals surface area (Å²) in [7, 11) is 7.54. The SMILES string of the molecule is C=CCC(CO)N(C)C[C@H](C)CC(C)(OC)[C@H](OC1OC(C)CC(N(C)C)C1OC(=O)c1ccccc1)[C@@H](C)C1=C(C)C(=O)OC(C)(C)O1. The van der Waals surface area contributed by atoms with Gasteiger partial charge in [0.05, 0.1) is 41.6 Å². The average Bonchev–Trinajstić information content (AvgIpc) is 3.04. The molecule has 0 spiro atoms. The summed E-state index contributed by atoms with van der Waals surface area (Å²) in [6.45, 7) is 17.6. The zero-order valence-electron chi connectivity index (χ0n) is 31.4. The van der Waals surface area contributed by atoms with Crippen molar-refractivity contribution in [1.82, 2.24) is 9.80 Å². The molecule has 3 rings (SSSR count). The van der Waals surface area contributed by atoms with Gasteiger partial charge < -0.3 is 43.3 Å². The fourth-order valence-electron chi connectivity index (χ4n) is 7.10. The molecule has 11 heteroatoms. The first-order chi connectivity index (χ1) is 23.0. The van der Waals surface area contributed by atoms with Gasteiger partial charge in [-0.2, -0.15) is 0 Å². The fourth-order valence-corrected chi connectivity index (χ4v) is 7.10. The molecule has 2 aliphatic heterocycles. The lowest BCUT2D eigenvalue weighted by Gasteiger charge is -2.48. The first-order valence-electron chi connectivity index (χ1n) is 17.3. The van der Waals surface area contributed by atoms with Crippen LogP contribution in [-0.4, -0.2) is 116 Å². The van der Waals surface area contributed by atoms with Crippen molar-refractivity contribution in [1.29, 1.82) is 0 Å². The standard InChI is InChI=1S/C38H60N2O9/c1-13-17-29(23-41)40(11)22-24(2)21-38(8,44-12)33(26(4)31-27(5)34(42)49-37(6,7)48-31)47-36-32(30(39(9)10)20-25(3)45-36)46-35(43)28-18-15-14-16-19-28/h13-16,18-19,24-26,29-30,32-33,36,41H,1,17,20-23H2,2-12H3/t24-,25?,26+,29?,30?,32?,33-,36?,38?/m1/s1. The van der Waals surface area contributed by atoms with Crippen molar-refractivity contribution in [2.45, 2.75) is 116 Å². The van der Waals surface area contributed by atoms with Crippen LogP contribution in [0.25, 0.3) is 0 Å². The molecule has 0 amide bonds. The molecule has 1 aromatic rings. The van der Waals surface area contributed by atoms with E-state index in [1.807, 2.05) is 59.0 Å². The number of likely N-dealkylation sites (N-methyl/N-ethyl adjacent to an activating group) is 2. The Bertz CT molecular complexity index is 1290. The summed E-state index contributed by atoms with van der Waals surface area (Å²) in [5.41, 5.74) is -0.171. The maximum atomic E-state index is 13.5. The number of carbonyl (C=O) groups is 2. The highest BCUT2D eigenvalue weighted by molar-refractivity contribution is 5.89. The Morgan fingerprint density at radius 2 is 1.84 bits per heavy atom. The van der Waals surface area contributed by atoms with Crippen LogP contribution >= 0.6 is 0 Å². The lowest BCUT2D eigenvalue weighted by molar-refractivity contribution is -0.298. The van der Waals surface area contributed by atoms with E-state index in [9.17, 15) is 14.7 Å². The molecule has 276 valence electrons. The number of nitrogens with zero attached hydrogens (tertiary/aromatic N) is 2. The molecule has 0 aliphatic carbocycles. The molecule has 0 aromatic heterocycles. The molecule has 0 saturated carbocycles. The van der Waals surface area contributed by atoms with Crippen LogP contribution in [0.5, 0.6) is 0 Å². The molecule has 49 heavy (non-hydrogen) atoms. The van der Waals surface area contributed by atoms with Crippen molar-refractivity contribution >= 4 is 11.9 Å². The first kappa shape index (κ1) is 40.6. The van der Waals surface area contributed by atoms with Crippen molar-refractivity contribution in [3.05, 3.63) is 59.9 Å². The molecule has 11 nitrogen and oxygen atoms in total. The summed E-state index contributed by atoms with van der Waals surface area (Å²) < 4.78 is 37.9. The van der Waals surface area contributed by atoms with Crippen molar-refractivity contribution in [3.63, 3.8) is 0 Å². The summed E-state index contributed by atoms with van der Waals surface area (Å²) in [6.07, 6.45) is 0.932. The van der Waals surface area contributed by atoms with Gasteiger partial charge in [-0.25, -0.2) is 9.59 Å². The molecule has 0 radical (unpaired) electrons. The third-order valence-corrected chi connectivity index (χ3v) is 9.72. The third-order valence-electron chi connectivity index (χ3n) is 9.72. The minimum absolute atomic E-state index is 0.0174. The van der Waals surface area contributed by atoms with Gasteiger partial charge in [0.1, 0.15) is 5.76 Å². The van der Waals surface area contributed by atoms with Gasteiger partial charge in [-0.1, -0.05) is 38.1 Å². The predicted molar refractivity (Wildman–Crippen MR) is 188 cm³/mol. The summed E-state index contributed by atoms with van der Waals surface area (Å²) >= 11 is 0. The second-order valence-electron chi connectivity index (χ2n) is 14.7. The fraction of sp³-hybridized carbons (Fsp3) is 0.684. The Labute approximate surface area is 293 Å². The van der Waals surface area contributed by atoms with Crippen LogP contribution in [0.1, 0.15) is 78.1 Å². The normalized spacial score (nSPS) is 26.3. The number of hydrogen-bond acceptors (Lipinski definition) is 11. The largest absolute Gasteiger partial charge is 0.456 e. The summed E-state index contributed by atoms with van der Waals surface area (Å²) in [6, 6.07) is 8.59. The maximum absolute atomic E-state index is 13.5. The van der Waals surface area contributed by atoms with Crippen LogP contribution in [-0.2, 0) is 33.2 Å². The zero-order chi connectivity index (χ0) is 36.7. The monoisotopic (exact) mass is 688 g/mol. The van der Waals surface area contributed by atoms with Gasteiger partial charge >= 0.3 is 11.9 Å². The van der Waals surface area contributed by atoms with E-state index in [0.717, 1.165) is 0 Å². The van der Waals surface area contributed by atoms with Gasteiger partial charge in [-0.15, -0.1) is 6.58 Å². The Hall–Kier alpha value is -2.80. The Kier molecular flexibility index (Phi) is 14.4. The maximum Gasteiger partial charge on any atom is 0.340 e. The van der Waals surface area contributed by atoms with Crippen molar-refractivity contribution in [2.24, 2.45) is 11.8 Å². The third kappa shape index (κ3) is 10.4. The topological polar surface area (TPSA) is 116 Å².